The highest BCUT2D eigenvalue weighted by molar-refractivity contribution is 7.89. The van der Waals surface area contributed by atoms with Crippen molar-refractivity contribution in [2.24, 2.45) is 0 Å². The Bertz CT molecular complexity index is 709. The van der Waals surface area contributed by atoms with E-state index >= 15 is 0 Å². The molecule has 0 spiro atoms. The lowest BCUT2D eigenvalue weighted by molar-refractivity contribution is -0.139. The lowest BCUT2D eigenvalue weighted by atomic mass is 10.3. The fourth-order valence-corrected chi connectivity index (χ4v) is 2.91. The molecular weight excluding hydrogens is 274 g/mol. The molecule has 4 N–H and O–H groups in total. The van der Waals surface area contributed by atoms with E-state index in [-0.39, 0.29) is 4.90 Å². The minimum absolute atomic E-state index is 0.115. The summed E-state index contributed by atoms with van der Waals surface area (Å²) in [5.41, 5.74) is 0.374. The molecule has 0 bridgehead atoms. The second kappa shape index (κ2) is 4.96. The molecule has 0 saturated carbocycles. The number of aromatic amines is 1. The summed E-state index contributed by atoms with van der Waals surface area (Å²) < 4.78 is 26.0. The molecule has 1 atom stereocenters. The first kappa shape index (κ1) is 13.5. The van der Waals surface area contributed by atoms with E-state index < -0.39 is 28.6 Å². The number of aromatic nitrogens is 2. The van der Waals surface area contributed by atoms with Crippen LogP contribution in [0.5, 0.6) is 0 Å². The number of hydrogen-bond acceptors (Lipinski definition) is 5. The summed E-state index contributed by atoms with van der Waals surface area (Å²) in [6.07, 6.45) is 2.72. The van der Waals surface area contributed by atoms with Gasteiger partial charge in [-0.2, -0.15) is 4.72 Å². The topological polar surface area (TPSA) is 132 Å². The van der Waals surface area contributed by atoms with Crippen LogP contribution in [0.15, 0.2) is 29.4 Å². The van der Waals surface area contributed by atoms with Gasteiger partial charge in [-0.25, -0.2) is 13.4 Å². The van der Waals surface area contributed by atoms with Gasteiger partial charge >= 0.3 is 5.97 Å². The third-order valence-electron chi connectivity index (χ3n) is 2.48. The molecule has 102 valence electrons. The Balaban J connectivity index is 2.42. The van der Waals surface area contributed by atoms with Crippen LogP contribution in [0, 0.1) is 0 Å². The standard InChI is InChI=1S/C10H11N3O5S/c14-5-7(10(15)16)13-19(17,18)8-4-12-9-6(8)2-1-3-11-9/h1-4,7,13-14H,5H2,(H,11,12)(H,15,16)/t7-/m1/s1. The van der Waals surface area contributed by atoms with Crippen molar-refractivity contribution in [3.63, 3.8) is 0 Å². The molecule has 2 aromatic heterocycles. The fourth-order valence-electron chi connectivity index (χ4n) is 1.57. The number of nitrogens with one attached hydrogen (secondary N) is 2. The molecule has 0 aliphatic rings. The molecule has 2 aromatic rings. The van der Waals surface area contributed by atoms with E-state index in [0.717, 1.165) is 0 Å². The van der Waals surface area contributed by atoms with Crippen LogP contribution in [-0.2, 0) is 14.8 Å². The molecule has 8 nitrogen and oxygen atoms in total. The highest BCUT2D eigenvalue weighted by Crippen LogP contribution is 2.20. The first-order chi connectivity index (χ1) is 8.95. The maximum absolute atomic E-state index is 12.0. The summed E-state index contributed by atoms with van der Waals surface area (Å²) in [4.78, 5) is 17.2. The van der Waals surface area contributed by atoms with Gasteiger partial charge in [-0.15, -0.1) is 0 Å². The van der Waals surface area contributed by atoms with Crippen molar-refractivity contribution in [3.8, 4) is 0 Å². The van der Waals surface area contributed by atoms with E-state index in [1.165, 1.54) is 12.4 Å². The van der Waals surface area contributed by atoms with Gasteiger partial charge in [-0.3, -0.25) is 4.79 Å². The summed E-state index contributed by atoms with van der Waals surface area (Å²) in [6.45, 7) is -0.838. The van der Waals surface area contributed by atoms with Crippen molar-refractivity contribution >= 4 is 27.0 Å². The number of aliphatic hydroxyl groups excluding tert-OH is 1. The van der Waals surface area contributed by atoms with Gasteiger partial charge in [0.2, 0.25) is 10.0 Å². The number of sulfonamides is 1. The monoisotopic (exact) mass is 285 g/mol. The maximum atomic E-state index is 12.0. The second-order valence-corrected chi connectivity index (χ2v) is 5.43. The van der Waals surface area contributed by atoms with E-state index in [1.54, 1.807) is 12.1 Å². The number of carboxylic acid groups (broad SMARTS) is 1. The third kappa shape index (κ3) is 2.57. The zero-order valence-corrected chi connectivity index (χ0v) is 10.4. The number of aliphatic hydroxyl groups is 1. The van der Waals surface area contributed by atoms with Gasteiger partial charge in [0, 0.05) is 17.8 Å². The van der Waals surface area contributed by atoms with Gasteiger partial charge in [0.25, 0.3) is 0 Å². The predicted molar refractivity (Wildman–Crippen MR) is 64.9 cm³/mol. The van der Waals surface area contributed by atoms with Crippen LogP contribution in [0.4, 0.5) is 0 Å². The molecule has 9 heteroatoms. The van der Waals surface area contributed by atoms with Crippen LogP contribution in [0.25, 0.3) is 11.0 Å². The number of carboxylic acids is 1. The Morgan fingerprint density at radius 2 is 2.26 bits per heavy atom. The first-order valence-electron chi connectivity index (χ1n) is 5.24. The van der Waals surface area contributed by atoms with Gasteiger partial charge in [0.15, 0.2) is 0 Å². The lowest BCUT2D eigenvalue weighted by Crippen LogP contribution is -2.43. The van der Waals surface area contributed by atoms with Crippen molar-refractivity contribution in [1.82, 2.24) is 14.7 Å². The van der Waals surface area contributed by atoms with E-state index in [1.807, 2.05) is 4.72 Å². The lowest BCUT2D eigenvalue weighted by Gasteiger charge is -2.11. The van der Waals surface area contributed by atoms with Crippen molar-refractivity contribution in [2.75, 3.05) is 6.61 Å². The van der Waals surface area contributed by atoms with E-state index in [4.69, 9.17) is 10.2 Å². The zero-order valence-electron chi connectivity index (χ0n) is 9.57. The summed E-state index contributed by atoms with van der Waals surface area (Å²) >= 11 is 0. The number of hydrogen-bond donors (Lipinski definition) is 4. The van der Waals surface area contributed by atoms with Gasteiger partial charge in [0.1, 0.15) is 16.6 Å². The van der Waals surface area contributed by atoms with Crippen molar-refractivity contribution in [3.05, 3.63) is 24.5 Å². The van der Waals surface area contributed by atoms with Crippen LogP contribution < -0.4 is 4.72 Å². The van der Waals surface area contributed by atoms with Gasteiger partial charge in [-0.05, 0) is 12.1 Å². The molecule has 0 unspecified atom stereocenters. The minimum atomic E-state index is -4.06. The average molecular weight is 285 g/mol. The number of aliphatic carboxylic acids is 1. The number of rotatable bonds is 5. The number of nitrogens with zero attached hydrogens (tertiary/aromatic N) is 1. The van der Waals surface area contributed by atoms with Crippen molar-refractivity contribution in [1.29, 1.82) is 0 Å². The predicted octanol–water partition coefficient (Wildman–Crippen LogP) is -0.713. The normalized spacial score (nSPS) is 13.5. The molecule has 2 rings (SSSR count). The summed E-state index contributed by atoms with van der Waals surface area (Å²) in [5.74, 6) is -1.45. The van der Waals surface area contributed by atoms with E-state index in [0.29, 0.717) is 11.0 Å². The smallest absolute Gasteiger partial charge is 0.324 e. The van der Waals surface area contributed by atoms with Gasteiger partial charge < -0.3 is 15.2 Å². The SMILES string of the molecule is O=C(O)[C@@H](CO)NS(=O)(=O)c1c[nH]c2ncccc12. The second-order valence-electron chi connectivity index (χ2n) is 3.75. The van der Waals surface area contributed by atoms with Crippen LogP contribution in [0.1, 0.15) is 0 Å². The number of fused-ring (bicyclic) bond motifs is 1. The Kier molecular flexibility index (Phi) is 3.51. The number of pyridine rings is 1. The Labute approximate surface area is 108 Å². The molecule has 0 radical (unpaired) electrons. The highest BCUT2D eigenvalue weighted by atomic mass is 32.2. The quantitative estimate of drug-likeness (QED) is 0.573. The van der Waals surface area contributed by atoms with Crippen LogP contribution in [0.3, 0.4) is 0 Å². The van der Waals surface area contributed by atoms with Crippen LogP contribution in [0.2, 0.25) is 0 Å². The van der Waals surface area contributed by atoms with Gasteiger partial charge in [0.05, 0.1) is 6.61 Å². The van der Waals surface area contributed by atoms with Crippen LogP contribution in [-0.4, -0.2) is 47.2 Å². The van der Waals surface area contributed by atoms with Crippen LogP contribution >= 0.6 is 0 Å². The van der Waals surface area contributed by atoms with Crippen molar-refractivity contribution in [2.45, 2.75) is 10.9 Å². The number of carbonyl (C=O) groups is 1. The van der Waals surface area contributed by atoms with E-state index in [9.17, 15) is 13.2 Å². The molecular formula is C10H11N3O5S. The Hall–Kier alpha value is -1.97. The molecule has 0 aliphatic carbocycles. The fraction of sp³-hybridized carbons (Fsp3) is 0.200. The van der Waals surface area contributed by atoms with E-state index in [2.05, 4.69) is 9.97 Å². The zero-order chi connectivity index (χ0) is 14.0. The molecule has 0 amide bonds. The first-order valence-corrected chi connectivity index (χ1v) is 6.72. The molecule has 0 aliphatic heterocycles. The molecule has 0 fully saturated rings. The minimum Gasteiger partial charge on any atom is -0.480 e. The third-order valence-corrected chi connectivity index (χ3v) is 3.99. The molecule has 2 heterocycles. The highest BCUT2D eigenvalue weighted by Gasteiger charge is 2.26. The largest absolute Gasteiger partial charge is 0.480 e. The summed E-state index contributed by atoms with van der Waals surface area (Å²) in [7, 11) is -4.06. The molecule has 19 heavy (non-hydrogen) atoms. The average Bonchev–Trinajstić information content (AvgIpc) is 2.80. The maximum Gasteiger partial charge on any atom is 0.324 e. The molecule has 0 aromatic carbocycles. The van der Waals surface area contributed by atoms with Gasteiger partial charge in [-0.1, -0.05) is 0 Å². The molecule has 0 saturated heterocycles. The Morgan fingerprint density at radius 1 is 1.53 bits per heavy atom. The Morgan fingerprint density at radius 3 is 2.89 bits per heavy atom. The van der Waals surface area contributed by atoms with Crippen molar-refractivity contribution < 1.29 is 23.4 Å². The summed E-state index contributed by atoms with van der Waals surface area (Å²) in [6, 6.07) is 1.52. The summed E-state index contributed by atoms with van der Waals surface area (Å²) in [5, 5.41) is 17.9. The number of H-pyrrole nitrogens is 1.